The van der Waals surface area contributed by atoms with Gasteiger partial charge in [-0.1, -0.05) is 42.5 Å². The van der Waals surface area contributed by atoms with Crippen LogP contribution in [0.2, 0.25) is 0 Å². The van der Waals surface area contributed by atoms with Gasteiger partial charge >= 0.3 is 5.97 Å². The van der Waals surface area contributed by atoms with Gasteiger partial charge < -0.3 is 29.2 Å². The van der Waals surface area contributed by atoms with Gasteiger partial charge in [0.1, 0.15) is 22.5 Å². The molecule has 0 unspecified atom stereocenters. The molecule has 0 spiro atoms. The molecule has 8 nitrogen and oxygen atoms in total. The topological polar surface area (TPSA) is 126 Å². The van der Waals surface area contributed by atoms with Crippen LogP contribution in [0.1, 0.15) is 23.5 Å². The highest BCUT2D eigenvalue weighted by molar-refractivity contribution is 5.93. The quantitative estimate of drug-likeness (QED) is 0.286. The van der Waals surface area contributed by atoms with Crippen molar-refractivity contribution in [3.63, 3.8) is 0 Å². The van der Waals surface area contributed by atoms with Gasteiger partial charge in [-0.05, 0) is 17.7 Å². The normalized spacial score (nSPS) is 11.8. The first-order valence-corrected chi connectivity index (χ1v) is 10.4. The molecule has 0 aliphatic heterocycles. The second-order valence-electron chi connectivity index (χ2n) is 7.61. The summed E-state index contributed by atoms with van der Waals surface area (Å²) in [5.41, 5.74) is 0.342. The Labute approximate surface area is 194 Å². The second-order valence-corrected chi connectivity index (χ2v) is 7.61. The number of methoxy groups -OCH3 is 2. The highest BCUT2D eigenvalue weighted by Crippen LogP contribution is 2.49. The lowest BCUT2D eigenvalue weighted by Crippen LogP contribution is -2.12. The number of aromatic hydroxyl groups is 3. The van der Waals surface area contributed by atoms with Crippen LogP contribution in [0.5, 0.6) is 23.0 Å². The number of benzene rings is 3. The van der Waals surface area contributed by atoms with Crippen molar-refractivity contribution >= 4 is 16.9 Å². The smallest absolute Gasteiger partial charge is 0.306 e. The van der Waals surface area contributed by atoms with E-state index >= 15 is 0 Å². The van der Waals surface area contributed by atoms with Gasteiger partial charge in [-0.2, -0.15) is 0 Å². The van der Waals surface area contributed by atoms with Crippen LogP contribution < -0.4 is 10.2 Å². The summed E-state index contributed by atoms with van der Waals surface area (Å²) in [6.45, 7) is 0. The summed E-state index contributed by atoms with van der Waals surface area (Å²) in [6, 6.07) is 16.7. The number of ether oxygens (including phenoxy) is 2. The largest absolute Gasteiger partial charge is 0.504 e. The molecule has 3 aromatic carbocycles. The molecule has 0 bridgehead atoms. The maximum atomic E-state index is 13.0. The Morgan fingerprint density at radius 2 is 1.62 bits per heavy atom. The lowest BCUT2D eigenvalue weighted by molar-refractivity contribution is -0.140. The van der Waals surface area contributed by atoms with Gasteiger partial charge in [0.25, 0.3) is 0 Å². The molecule has 1 atom stereocenters. The summed E-state index contributed by atoms with van der Waals surface area (Å²) in [5, 5.41) is 31.5. The van der Waals surface area contributed by atoms with Crippen molar-refractivity contribution in [2.24, 2.45) is 0 Å². The third-order valence-corrected chi connectivity index (χ3v) is 5.66. The van der Waals surface area contributed by atoms with Crippen LogP contribution in [-0.2, 0) is 9.53 Å². The molecule has 1 aromatic heterocycles. The van der Waals surface area contributed by atoms with Gasteiger partial charge in [0.15, 0.2) is 16.9 Å². The van der Waals surface area contributed by atoms with Gasteiger partial charge in [-0.25, -0.2) is 0 Å². The van der Waals surface area contributed by atoms with Crippen molar-refractivity contribution in [2.45, 2.75) is 12.3 Å². The first-order chi connectivity index (χ1) is 16.3. The summed E-state index contributed by atoms with van der Waals surface area (Å²) in [7, 11) is 2.74. The standard InChI is InChI=1S/C26H22O8/c1-32-16-10-8-14(9-11-16)17(12-20(28)33-2)21-23(29)25(31)24(30)22-18(27)13-19(34-26(21)22)15-6-4-3-5-7-15/h3-11,13,17,29-31H,12H2,1-2H3/t17-/m1/s1. The van der Waals surface area contributed by atoms with Crippen LogP contribution in [0, 0.1) is 0 Å². The number of hydrogen-bond donors (Lipinski definition) is 3. The molecule has 8 heteroatoms. The average molecular weight is 462 g/mol. The summed E-state index contributed by atoms with van der Waals surface area (Å²) in [6.07, 6.45) is -0.241. The van der Waals surface area contributed by atoms with Crippen LogP contribution in [0.15, 0.2) is 69.9 Å². The zero-order chi connectivity index (χ0) is 24.4. The third kappa shape index (κ3) is 4.01. The van der Waals surface area contributed by atoms with Crippen molar-refractivity contribution in [2.75, 3.05) is 14.2 Å². The van der Waals surface area contributed by atoms with E-state index in [1.165, 1.54) is 20.3 Å². The molecule has 0 radical (unpaired) electrons. The number of phenolic OH excluding ortho intramolecular Hbond substituents is 3. The molecular weight excluding hydrogens is 440 g/mol. The first-order valence-electron chi connectivity index (χ1n) is 10.4. The molecule has 34 heavy (non-hydrogen) atoms. The van der Waals surface area contributed by atoms with Crippen molar-refractivity contribution < 1.29 is 34.0 Å². The molecular formula is C26H22O8. The molecule has 0 fully saturated rings. The van der Waals surface area contributed by atoms with E-state index in [4.69, 9.17) is 13.9 Å². The number of esters is 1. The van der Waals surface area contributed by atoms with Gasteiger partial charge in [-0.15, -0.1) is 0 Å². The highest BCUT2D eigenvalue weighted by Gasteiger charge is 2.31. The molecule has 0 aliphatic carbocycles. The maximum absolute atomic E-state index is 13.0. The van der Waals surface area contributed by atoms with E-state index in [0.29, 0.717) is 16.9 Å². The zero-order valence-corrected chi connectivity index (χ0v) is 18.4. The van der Waals surface area contributed by atoms with Crippen LogP contribution in [-0.4, -0.2) is 35.5 Å². The van der Waals surface area contributed by atoms with Crippen molar-refractivity contribution in [1.29, 1.82) is 0 Å². The number of phenols is 3. The van der Waals surface area contributed by atoms with E-state index in [2.05, 4.69) is 0 Å². The average Bonchev–Trinajstić information content (AvgIpc) is 2.86. The van der Waals surface area contributed by atoms with Gasteiger partial charge in [0.05, 0.1) is 20.6 Å². The fourth-order valence-electron chi connectivity index (χ4n) is 3.91. The molecule has 1 heterocycles. The molecule has 0 saturated heterocycles. The molecule has 0 amide bonds. The van der Waals surface area contributed by atoms with E-state index in [1.807, 2.05) is 0 Å². The lowest BCUT2D eigenvalue weighted by Gasteiger charge is -2.21. The molecule has 0 aliphatic rings. The number of fused-ring (bicyclic) bond motifs is 1. The summed E-state index contributed by atoms with van der Waals surface area (Å²) in [5.74, 6) is -3.12. The highest BCUT2D eigenvalue weighted by atomic mass is 16.5. The minimum absolute atomic E-state index is 0.0317. The third-order valence-electron chi connectivity index (χ3n) is 5.66. The minimum Gasteiger partial charge on any atom is -0.504 e. The Hall–Kier alpha value is -4.46. The molecule has 174 valence electrons. The summed E-state index contributed by atoms with van der Waals surface area (Å²) >= 11 is 0. The van der Waals surface area contributed by atoms with Crippen LogP contribution in [0.25, 0.3) is 22.3 Å². The first kappa shape index (κ1) is 22.7. The number of rotatable bonds is 6. The maximum Gasteiger partial charge on any atom is 0.306 e. The molecule has 4 rings (SSSR count). The summed E-state index contributed by atoms with van der Waals surface area (Å²) in [4.78, 5) is 25.3. The Bertz CT molecular complexity index is 1410. The monoisotopic (exact) mass is 462 g/mol. The Morgan fingerprint density at radius 1 is 0.941 bits per heavy atom. The van der Waals surface area contributed by atoms with E-state index < -0.39 is 34.6 Å². The van der Waals surface area contributed by atoms with E-state index in [-0.39, 0.29) is 28.7 Å². The van der Waals surface area contributed by atoms with E-state index in [0.717, 1.165) is 0 Å². The summed E-state index contributed by atoms with van der Waals surface area (Å²) < 4.78 is 16.1. The van der Waals surface area contributed by atoms with E-state index in [1.54, 1.807) is 54.6 Å². The Balaban J connectivity index is 2.06. The van der Waals surface area contributed by atoms with Gasteiger partial charge in [0, 0.05) is 23.1 Å². The van der Waals surface area contributed by atoms with Crippen molar-refractivity contribution in [1.82, 2.24) is 0 Å². The fourth-order valence-corrected chi connectivity index (χ4v) is 3.91. The Kier molecular flexibility index (Phi) is 6.14. The van der Waals surface area contributed by atoms with Crippen LogP contribution in [0.3, 0.4) is 0 Å². The molecule has 0 saturated carbocycles. The van der Waals surface area contributed by atoms with Crippen molar-refractivity contribution in [3.05, 3.63) is 82.0 Å². The Morgan fingerprint density at radius 3 is 2.24 bits per heavy atom. The predicted octanol–water partition coefficient (Wildman–Crippen LogP) is 4.28. The lowest BCUT2D eigenvalue weighted by atomic mass is 9.86. The minimum atomic E-state index is -0.887. The van der Waals surface area contributed by atoms with E-state index in [9.17, 15) is 24.9 Å². The van der Waals surface area contributed by atoms with Crippen LogP contribution in [0.4, 0.5) is 0 Å². The predicted molar refractivity (Wildman–Crippen MR) is 124 cm³/mol. The van der Waals surface area contributed by atoms with Gasteiger partial charge in [0.2, 0.25) is 5.75 Å². The number of carbonyl (C=O) groups excluding carboxylic acids is 1. The molecule has 4 aromatic rings. The number of hydrogen-bond acceptors (Lipinski definition) is 8. The van der Waals surface area contributed by atoms with Gasteiger partial charge in [-0.3, -0.25) is 9.59 Å². The number of carbonyl (C=O) groups is 1. The zero-order valence-electron chi connectivity index (χ0n) is 18.4. The SMILES string of the molecule is COC(=O)C[C@H](c1ccc(OC)cc1)c1c(O)c(O)c(O)c2c(=O)cc(-c3ccccc3)oc12. The molecule has 3 N–H and O–H groups in total. The van der Waals surface area contributed by atoms with Crippen molar-refractivity contribution in [3.8, 4) is 34.3 Å². The van der Waals surface area contributed by atoms with Crippen LogP contribution >= 0.6 is 0 Å². The fraction of sp³-hybridized carbons (Fsp3) is 0.154. The second kappa shape index (κ2) is 9.19.